The normalized spacial score (nSPS) is 11.3. The number of aromatic nitrogens is 1. The van der Waals surface area contributed by atoms with Crippen molar-refractivity contribution in [1.29, 1.82) is 0 Å². The predicted octanol–water partition coefficient (Wildman–Crippen LogP) is 2.88. The second kappa shape index (κ2) is 5.75. The minimum Gasteiger partial charge on any atom is -0.364 e. The molecular formula is C18H17NO3. The predicted molar refractivity (Wildman–Crippen MR) is 84.7 cm³/mol. The first-order valence-corrected chi connectivity index (χ1v) is 7.10. The Morgan fingerprint density at radius 2 is 1.86 bits per heavy atom. The molecule has 112 valence electrons. The number of ketones is 1. The lowest BCUT2D eigenvalue weighted by Crippen LogP contribution is -1.98. The molecule has 0 atom stereocenters. The number of rotatable bonds is 4. The highest BCUT2D eigenvalue weighted by atomic mass is 16.5. The van der Waals surface area contributed by atoms with Gasteiger partial charge in [0.2, 0.25) is 0 Å². The smallest absolute Gasteiger partial charge is 0.178 e. The van der Waals surface area contributed by atoms with Crippen LogP contribution < -0.4 is 0 Å². The van der Waals surface area contributed by atoms with Crippen molar-refractivity contribution in [2.75, 3.05) is 0 Å². The number of aliphatic hydroxyl groups is 2. The number of aliphatic hydroxyl groups excluding tert-OH is 1. The molecule has 0 saturated carbocycles. The number of carbonyl (C=O) groups is 1. The van der Waals surface area contributed by atoms with E-state index in [4.69, 9.17) is 0 Å². The van der Waals surface area contributed by atoms with Gasteiger partial charge in [-0.15, -0.1) is 0 Å². The number of carbonyl (C=O) groups excluding carboxylic acids is 1. The fourth-order valence-electron chi connectivity index (χ4n) is 2.67. The van der Waals surface area contributed by atoms with Crippen molar-refractivity contribution in [3.63, 3.8) is 0 Å². The Morgan fingerprint density at radius 1 is 1.14 bits per heavy atom. The van der Waals surface area contributed by atoms with E-state index in [2.05, 4.69) is 0 Å². The summed E-state index contributed by atoms with van der Waals surface area (Å²) in [7, 11) is 0. The summed E-state index contributed by atoms with van der Waals surface area (Å²) >= 11 is 0. The molecule has 0 amide bonds. The number of fused-ring (bicyclic) bond motifs is 1. The van der Waals surface area contributed by atoms with E-state index >= 15 is 0 Å². The SMILES string of the molecule is CC(=O)c1cn(Cc2ccccc2)c2ccc(C(O)O)cc12. The Balaban J connectivity index is 2.13. The molecule has 3 aromatic rings. The van der Waals surface area contributed by atoms with E-state index in [1.165, 1.54) is 6.92 Å². The van der Waals surface area contributed by atoms with E-state index in [0.29, 0.717) is 17.7 Å². The zero-order chi connectivity index (χ0) is 15.7. The summed E-state index contributed by atoms with van der Waals surface area (Å²) in [4.78, 5) is 11.9. The maximum Gasteiger partial charge on any atom is 0.178 e. The lowest BCUT2D eigenvalue weighted by Gasteiger charge is -2.07. The minimum atomic E-state index is -1.54. The molecule has 0 unspecified atom stereocenters. The van der Waals surface area contributed by atoms with Crippen LogP contribution in [0.4, 0.5) is 0 Å². The minimum absolute atomic E-state index is 0.0404. The van der Waals surface area contributed by atoms with Gasteiger partial charge in [0.25, 0.3) is 0 Å². The van der Waals surface area contributed by atoms with Crippen LogP contribution in [-0.2, 0) is 6.54 Å². The number of Topliss-reactive ketones (excluding diaryl/α,β-unsaturated/α-hetero) is 1. The standard InChI is InChI=1S/C18H17NO3/c1-12(20)16-11-19(10-13-5-3-2-4-6-13)17-8-7-14(18(21)22)9-15(16)17/h2-9,11,18,21-22H,10H2,1H3. The molecular weight excluding hydrogens is 278 g/mol. The molecule has 1 aromatic heterocycles. The number of nitrogens with zero attached hydrogens (tertiary/aromatic N) is 1. The second-order valence-corrected chi connectivity index (χ2v) is 5.36. The van der Waals surface area contributed by atoms with Gasteiger partial charge in [-0.25, -0.2) is 0 Å². The van der Waals surface area contributed by atoms with Crippen LogP contribution in [0.1, 0.15) is 34.7 Å². The zero-order valence-electron chi connectivity index (χ0n) is 12.2. The van der Waals surface area contributed by atoms with E-state index < -0.39 is 6.29 Å². The molecule has 0 saturated heterocycles. The molecule has 0 radical (unpaired) electrons. The van der Waals surface area contributed by atoms with Crippen LogP contribution >= 0.6 is 0 Å². The summed E-state index contributed by atoms with van der Waals surface area (Å²) < 4.78 is 2.01. The van der Waals surface area contributed by atoms with E-state index in [0.717, 1.165) is 16.5 Å². The molecule has 4 nitrogen and oxygen atoms in total. The Bertz CT molecular complexity index is 819. The molecule has 22 heavy (non-hydrogen) atoms. The quantitative estimate of drug-likeness (QED) is 0.574. The lowest BCUT2D eigenvalue weighted by atomic mass is 10.1. The first kappa shape index (κ1) is 14.5. The van der Waals surface area contributed by atoms with E-state index in [9.17, 15) is 15.0 Å². The van der Waals surface area contributed by atoms with Crippen LogP contribution in [0.3, 0.4) is 0 Å². The van der Waals surface area contributed by atoms with Gasteiger partial charge in [-0.3, -0.25) is 4.79 Å². The van der Waals surface area contributed by atoms with Crippen molar-refractivity contribution in [3.8, 4) is 0 Å². The lowest BCUT2D eigenvalue weighted by molar-refractivity contribution is -0.0423. The fraction of sp³-hybridized carbons (Fsp3) is 0.167. The highest BCUT2D eigenvalue weighted by molar-refractivity contribution is 6.07. The maximum atomic E-state index is 11.9. The molecule has 0 aliphatic rings. The summed E-state index contributed by atoms with van der Waals surface area (Å²) in [6.07, 6.45) is 0.287. The van der Waals surface area contributed by atoms with Crippen LogP contribution in [0.25, 0.3) is 10.9 Å². The molecule has 4 heteroatoms. The van der Waals surface area contributed by atoms with Crippen LogP contribution in [0, 0.1) is 0 Å². The first-order valence-electron chi connectivity index (χ1n) is 7.10. The highest BCUT2D eigenvalue weighted by Crippen LogP contribution is 2.26. The largest absolute Gasteiger partial charge is 0.364 e. The molecule has 0 bridgehead atoms. The number of hydrogen-bond donors (Lipinski definition) is 2. The molecule has 2 aromatic carbocycles. The zero-order valence-corrected chi connectivity index (χ0v) is 12.2. The van der Waals surface area contributed by atoms with E-state index in [1.54, 1.807) is 12.1 Å². The summed E-state index contributed by atoms with van der Waals surface area (Å²) in [5.41, 5.74) is 3.01. The van der Waals surface area contributed by atoms with Crippen molar-refractivity contribution >= 4 is 16.7 Å². The highest BCUT2D eigenvalue weighted by Gasteiger charge is 2.14. The monoisotopic (exact) mass is 295 g/mol. The van der Waals surface area contributed by atoms with Crippen molar-refractivity contribution in [2.24, 2.45) is 0 Å². The summed E-state index contributed by atoms with van der Waals surface area (Å²) in [6.45, 7) is 2.18. The van der Waals surface area contributed by atoms with Crippen LogP contribution in [0.2, 0.25) is 0 Å². The Labute approximate surface area is 128 Å². The molecule has 2 N–H and O–H groups in total. The Morgan fingerprint density at radius 3 is 2.50 bits per heavy atom. The van der Waals surface area contributed by atoms with Gasteiger partial charge in [0.1, 0.15) is 0 Å². The Kier molecular flexibility index (Phi) is 3.79. The molecule has 1 heterocycles. The van der Waals surface area contributed by atoms with Crippen molar-refractivity contribution in [3.05, 3.63) is 71.4 Å². The van der Waals surface area contributed by atoms with Gasteiger partial charge in [0.05, 0.1) is 0 Å². The van der Waals surface area contributed by atoms with Gasteiger partial charge in [-0.05, 0) is 24.6 Å². The van der Waals surface area contributed by atoms with Crippen LogP contribution in [0.5, 0.6) is 0 Å². The maximum absolute atomic E-state index is 11.9. The molecule has 3 rings (SSSR count). The first-order chi connectivity index (χ1) is 10.6. The summed E-state index contributed by atoms with van der Waals surface area (Å²) in [5.74, 6) is -0.0404. The molecule has 0 aliphatic heterocycles. The van der Waals surface area contributed by atoms with Gasteiger partial charge in [-0.2, -0.15) is 0 Å². The van der Waals surface area contributed by atoms with Gasteiger partial charge in [-0.1, -0.05) is 36.4 Å². The van der Waals surface area contributed by atoms with E-state index in [-0.39, 0.29) is 5.78 Å². The molecule has 0 spiro atoms. The van der Waals surface area contributed by atoms with Gasteiger partial charge < -0.3 is 14.8 Å². The third-order valence-electron chi connectivity index (χ3n) is 3.78. The van der Waals surface area contributed by atoms with Gasteiger partial charge in [0.15, 0.2) is 12.1 Å². The third kappa shape index (κ3) is 2.66. The van der Waals surface area contributed by atoms with Crippen LogP contribution in [0.15, 0.2) is 54.7 Å². The summed E-state index contributed by atoms with van der Waals surface area (Å²) in [5, 5.41) is 19.4. The third-order valence-corrected chi connectivity index (χ3v) is 3.78. The van der Waals surface area contributed by atoms with Gasteiger partial charge in [0, 0.05) is 34.8 Å². The Hall–Kier alpha value is -2.43. The topological polar surface area (TPSA) is 62.5 Å². The van der Waals surface area contributed by atoms with Gasteiger partial charge >= 0.3 is 0 Å². The van der Waals surface area contributed by atoms with E-state index in [1.807, 2.05) is 47.2 Å². The molecule has 0 fully saturated rings. The fourth-order valence-corrected chi connectivity index (χ4v) is 2.67. The molecule has 0 aliphatic carbocycles. The van der Waals surface area contributed by atoms with Crippen molar-refractivity contribution in [2.45, 2.75) is 19.8 Å². The van der Waals surface area contributed by atoms with Crippen molar-refractivity contribution in [1.82, 2.24) is 4.57 Å². The average molecular weight is 295 g/mol. The average Bonchev–Trinajstić information content (AvgIpc) is 2.86. The summed E-state index contributed by atoms with van der Waals surface area (Å²) in [6, 6.07) is 15.1. The van der Waals surface area contributed by atoms with Crippen LogP contribution in [-0.4, -0.2) is 20.6 Å². The second-order valence-electron chi connectivity index (χ2n) is 5.36. The number of benzene rings is 2. The number of hydrogen-bond acceptors (Lipinski definition) is 3. The van der Waals surface area contributed by atoms with Crippen molar-refractivity contribution < 1.29 is 15.0 Å².